The van der Waals surface area contributed by atoms with Crippen LogP contribution in [0.4, 0.5) is 0 Å². The molecule has 2 heteroatoms. The molecule has 0 aromatic carbocycles. The monoisotopic (exact) mass is 154 g/mol. The van der Waals surface area contributed by atoms with Crippen LogP contribution in [0.3, 0.4) is 0 Å². The Morgan fingerprint density at radius 1 is 1.80 bits per heavy atom. The molecule has 0 saturated heterocycles. The van der Waals surface area contributed by atoms with Crippen LogP contribution in [0.5, 0.6) is 0 Å². The third-order valence-electron chi connectivity index (χ3n) is 0.287. The molecule has 0 spiro atoms. The molecule has 0 aliphatic rings. The van der Waals surface area contributed by atoms with Crippen LogP contribution in [0.15, 0.2) is 0 Å². The van der Waals surface area contributed by atoms with E-state index in [1.54, 1.807) is 11.8 Å². The second-order valence-corrected chi connectivity index (χ2v) is 3.58. The van der Waals surface area contributed by atoms with Gasteiger partial charge >= 0.3 is 44.3 Å². The van der Waals surface area contributed by atoms with Gasteiger partial charge in [-0.1, -0.05) is 0 Å². The molecule has 0 aliphatic heterocycles. The summed E-state index contributed by atoms with van der Waals surface area (Å²) in [5.41, 5.74) is 0. The first-order valence-electron chi connectivity index (χ1n) is 1.32. The van der Waals surface area contributed by atoms with Gasteiger partial charge in [0, 0.05) is 0 Å². The normalized spacial score (nSPS) is 7.60. The SMILES string of the molecule is CSC(C)=[Se]. The fraction of sp³-hybridized carbons (Fsp3) is 0.667. The van der Waals surface area contributed by atoms with Crippen LogP contribution in [0.1, 0.15) is 6.92 Å². The van der Waals surface area contributed by atoms with Crippen molar-refractivity contribution in [2.75, 3.05) is 6.26 Å². The van der Waals surface area contributed by atoms with Gasteiger partial charge < -0.3 is 0 Å². The predicted octanol–water partition coefficient (Wildman–Crippen LogP) is 0.668. The summed E-state index contributed by atoms with van der Waals surface area (Å²) in [6, 6.07) is 0. The number of hydrogen-bond donors (Lipinski definition) is 0. The van der Waals surface area contributed by atoms with Crippen LogP contribution in [-0.2, 0) is 0 Å². The van der Waals surface area contributed by atoms with Crippen LogP contribution >= 0.6 is 11.8 Å². The number of rotatable bonds is 1. The Bertz CT molecular complexity index is 42.2. The van der Waals surface area contributed by atoms with Gasteiger partial charge in [0.05, 0.1) is 0 Å². The Morgan fingerprint density at radius 3 is 2.00 bits per heavy atom. The summed E-state index contributed by atoms with van der Waals surface area (Å²) in [7, 11) is 0. The Labute approximate surface area is 44.7 Å². The van der Waals surface area contributed by atoms with Crippen molar-refractivity contribution in [3.8, 4) is 0 Å². The van der Waals surface area contributed by atoms with Crippen LogP contribution in [-0.4, -0.2) is 25.6 Å². The van der Waals surface area contributed by atoms with Crippen LogP contribution in [0.2, 0.25) is 0 Å². The molecule has 0 atom stereocenters. The van der Waals surface area contributed by atoms with Gasteiger partial charge in [-0.3, -0.25) is 0 Å². The van der Waals surface area contributed by atoms with E-state index < -0.39 is 0 Å². The summed E-state index contributed by atoms with van der Waals surface area (Å²) in [5.74, 6) is 0. The maximum absolute atomic E-state index is 2.87. The summed E-state index contributed by atoms with van der Waals surface area (Å²) in [5, 5.41) is 0. The summed E-state index contributed by atoms with van der Waals surface area (Å²) in [6.07, 6.45) is 2.05. The van der Waals surface area contributed by atoms with E-state index in [0.717, 1.165) is 0 Å². The second-order valence-electron chi connectivity index (χ2n) is 0.696. The van der Waals surface area contributed by atoms with Crippen molar-refractivity contribution in [1.82, 2.24) is 0 Å². The fourth-order valence-corrected chi connectivity index (χ4v) is 0. The molecule has 0 radical (unpaired) electrons. The molecular formula is C3H6SSe. The fourth-order valence-electron chi connectivity index (χ4n) is 0. The zero-order chi connectivity index (χ0) is 4.28. The van der Waals surface area contributed by atoms with Gasteiger partial charge in [0.25, 0.3) is 0 Å². The van der Waals surface area contributed by atoms with Gasteiger partial charge in [0.1, 0.15) is 0 Å². The zero-order valence-corrected chi connectivity index (χ0v) is 5.85. The van der Waals surface area contributed by atoms with Gasteiger partial charge in [-0.2, -0.15) is 0 Å². The third-order valence-corrected chi connectivity index (χ3v) is 1.91. The number of hydrogen-bond acceptors (Lipinski definition) is 1. The predicted molar refractivity (Wildman–Crippen MR) is 29.9 cm³/mol. The van der Waals surface area contributed by atoms with E-state index in [1.807, 2.05) is 13.2 Å². The number of thioether (sulfide) groups is 1. The van der Waals surface area contributed by atoms with Crippen molar-refractivity contribution in [2.45, 2.75) is 6.92 Å². The van der Waals surface area contributed by atoms with Crippen molar-refractivity contribution in [1.29, 1.82) is 0 Å². The van der Waals surface area contributed by atoms with Crippen molar-refractivity contribution >= 4 is 31.1 Å². The van der Waals surface area contributed by atoms with Gasteiger partial charge in [0.15, 0.2) is 0 Å². The molecule has 0 aromatic rings. The molecule has 0 nitrogen and oxygen atoms in total. The third kappa shape index (κ3) is 4.74. The van der Waals surface area contributed by atoms with E-state index in [9.17, 15) is 0 Å². The van der Waals surface area contributed by atoms with Crippen molar-refractivity contribution < 1.29 is 0 Å². The van der Waals surface area contributed by atoms with E-state index in [-0.39, 0.29) is 0 Å². The summed E-state index contributed by atoms with van der Waals surface area (Å²) in [4.78, 5) is 0. The van der Waals surface area contributed by atoms with E-state index in [4.69, 9.17) is 0 Å². The zero-order valence-electron chi connectivity index (χ0n) is 3.32. The molecule has 0 unspecified atom stereocenters. The first-order chi connectivity index (χ1) is 2.27. The molecule has 30 valence electrons. The van der Waals surface area contributed by atoms with Crippen molar-refractivity contribution in [3.63, 3.8) is 0 Å². The average Bonchev–Trinajstić information content (AvgIpc) is 1.38. The van der Waals surface area contributed by atoms with E-state index >= 15 is 0 Å². The molecule has 5 heavy (non-hydrogen) atoms. The summed E-state index contributed by atoms with van der Waals surface area (Å²) >= 11 is 4.61. The van der Waals surface area contributed by atoms with E-state index in [1.165, 1.54) is 3.75 Å². The van der Waals surface area contributed by atoms with Gasteiger partial charge in [-0.15, -0.1) is 0 Å². The van der Waals surface area contributed by atoms with E-state index in [2.05, 4.69) is 15.6 Å². The maximum atomic E-state index is 2.87. The molecule has 0 rings (SSSR count). The van der Waals surface area contributed by atoms with Gasteiger partial charge in [0.2, 0.25) is 0 Å². The Balaban J connectivity index is 2.85. The summed E-state index contributed by atoms with van der Waals surface area (Å²) in [6.45, 7) is 2.05. The molecule has 0 aromatic heterocycles. The minimum absolute atomic E-state index is 1.30. The average molecular weight is 153 g/mol. The molecular weight excluding hydrogens is 147 g/mol. The van der Waals surface area contributed by atoms with Gasteiger partial charge in [-0.05, 0) is 0 Å². The van der Waals surface area contributed by atoms with Crippen LogP contribution in [0, 0.1) is 0 Å². The Kier molecular flexibility index (Phi) is 3.39. The summed E-state index contributed by atoms with van der Waals surface area (Å²) < 4.78 is 1.30. The molecule has 0 heterocycles. The molecule has 0 bridgehead atoms. The first kappa shape index (κ1) is 5.74. The standard InChI is InChI=1S/C3H6SSe/c1-3(5)4-2/h1-2H3. The van der Waals surface area contributed by atoms with E-state index in [0.29, 0.717) is 0 Å². The van der Waals surface area contributed by atoms with Crippen molar-refractivity contribution in [2.24, 2.45) is 0 Å². The van der Waals surface area contributed by atoms with Gasteiger partial charge in [-0.25, -0.2) is 0 Å². The molecule has 0 amide bonds. The Morgan fingerprint density at radius 2 is 2.00 bits per heavy atom. The van der Waals surface area contributed by atoms with Crippen molar-refractivity contribution in [3.05, 3.63) is 0 Å². The molecule has 0 fully saturated rings. The quantitative estimate of drug-likeness (QED) is 0.499. The molecule has 0 N–H and O–H groups in total. The van der Waals surface area contributed by atoms with Crippen LogP contribution in [0.25, 0.3) is 0 Å². The second kappa shape index (κ2) is 2.95. The first-order valence-corrected chi connectivity index (χ1v) is 3.40. The topological polar surface area (TPSA) is 0 Å². The Hall–Kier alpha value is 0.739. The van der Waals surface area contributed by atoms with Crippen LogP contribution < -0.4 is 0 Å². The minimum atomic E-state index is 1.30. The molecule has 0 aliphatic carbocycles. The molecule has 0 saturated carbocycles.